The molecule has 1 atom stereocenters. The Morgan fingerprint density at radius 3 is 2.67 bits per heavy atom. The number of hydrogen-bond acceptors (Lipinski definition) is 4. The first kappa shape index (κ1) is 12.9. The van der Waals surface area contributed by atoms with Crippen molar-refractivity contribution >= 4 is 11.8 Å². The first-order chi connectivity index (χ1) is 7.21. The highest BCUT2D eigenvalue weighted by Gasteiger charge is 2.39. The Bertz CT molecular complexity index is 243. The molecule has 0 aromatic rings. The average Bonchev–Trinajstić information content (AvgIpc) is 2.59. The Hall–Kier alpha value is -0.190. The third-order valence-corrected chi connectivity index (χ3v) is 4.21. The van der Waals surface area contributed by atoms with E-state index in [2.05, 4.69) is 6.92 Å². The maximum Gasteiger partial charge on any atom is 0.154 e. The second-order valence-corrected chi connectivity index (χ2v) is 5.10. The highest BCUT2D eigenvalue weighted by atomic mass is 32.2. The molecule has 1 aliphatic rings. The van der Waals surface area contributed by atoms with Crippen LogP contribution in [-0.2, 0) is 9.47 Å². The van der Waals surface area contributed by atoms with Gasteiger partial charge in [-0.1, -0.05) is 25.1 Å². The monoisotopic (exact) mass is 231 g/mol. The number of rotatable bonds is 6. The van der Waals surface area contributed by atoms with Crippen molar-refractivity contribution in [3.8, 4) is 0 Å². The molecule has 4 heteroatoms. The maximum atomic E-state index is 5.62. The molecule has 15 heavy (non-hydrogen) atoms. The lowest BCUT2D eigenvalue weighted by molar-refractivity contribution is 0.0683. The molecule has 1 rings (SSSR count). The van der Waals surface area contributed by atoms with Crippen molar-refractivity contribution in [1.29, 1.82) is 0 Å². The summed E-state index contributed by atoms with van der Waals surface area (Å²) in [4.78, 5) is -0.176. The zero-order valence-corrected chi connectivity index (χ0v) is 10.7. The van der Waals surface area contributed by atoms with Gasteiger partial charge in [0.05, 0.1) is 7.11 Å². The number of hydrogen-bond donors (Lipinski definition) is 1. The molecular weight excluding hydrogens is 210 g/mol. The summed E-state index contributed by atoms with van der Waals surface area (Å²) in [6, 6.07) is 0. The molecule has 0 amide bonds. The standard InChI is InChI=1S/C11H21NO2S/c1-4-5-9-8-11(14-3,6-7-12)15-10(9)13-2/h4-8,12H2,1-3H3/t11-/m1/s1. The van der Waals surface area contributed by atoms with Gasteiger partial charge in [0.1, 0.15) is 4.93 Å². The summed E-state index contributed by atoms with van der Waals surface area (Å²) in [6.45, 7) is 2.83. The molecule has 1 heterocycles. The van der Waals surface area contributed by atoms with Gasteiger partial charge < -0.3 is 15.2 Å². The van der Waals surface area contributed by atoms with Gasteiger partial charge in [0.2, 0.25) is 0 Å². The van der Waals surface area contributed by atoms with Crippen molar-refractivity contribution in [3.63, 3.8) is 0 Å². The minimum Gasteiger partial charge on any atom is -0.490 e. The summed E-state index contributed by atoms with van der Waals surface area (Å²) in [5.41, 5.74) is 7.00. The van der Waals surface area contributed by atoms with Crippen LogP contribution in [0.25, 0.3) is 0 Å². The van der Waals surface area contributed by atoms with E-state index < -0.39 is 0 Å². The summed E-state index contributed by atoms with van der Waals surface area (Å²) >= 11 is 1.69. The first-order valence-electron chi connectivity index (χ1n) is 5.41. The van der Waals surface area contributed by atoms with Crippen LogP contribution < -0.4 is 5.73 Å². The normalized spacial score (nSPS) is 26.1. The molecule has 88 valence electrons. The van der Waals surface area contributed by atoms with Gasteiger partial charge in [-0.3, -0.25) is 0 Å². The van der Waals surface area contributed by atoms with E-state index >= 15 is 0 Å². The Balaban J connectivity index is 2.72. The minimum atomic E-state index is -0.176. The van der Waals surface area contributed by atoms with E-state index in [-0.39, 0.29) is 4.93 Å². The smallest absolute Gasteiger partial charge is 0.154 e. The number of nitrogens with two attached hydrogens (primary N) is 1. The quantitative estimate of drug-likeness (QED) is 0.762. The van der Waals surface area contributed by atoms with Crippen molar-refractivity contribution < 1.29 is 9.47 Å². The highest BCUT2D eigenvalue weighted by Crippen LogP contribution is 2.49. The molecule has 0 aromatic carbocycles. The zero-order valence-electron chi connectivity index (χ0n) is 9.84. The van der Waals surface area contributed by atoms with Crippen molar-refractivity contribution in [2.75, 3.05) is 20.8 Å². The Kier molecular flexibility index (Phi) is 4.96. The van der Waals surface area contributed by atoms with E-state index in [4.69, 9.17) is 15.2 Å². The van der Waals surface area contributed by atoms with E-state index in [1.807, 2.05) is 0 Å². The summed E-state index contributed by atoms with van der Waals surface area (Å²) in [6.07, 6.45) is 4.05. The predicted molar refractivity (Wildman–Crippen MR) is 64.6 cm³/mol. The fraction of sp³-hybridized carbons (Fsp3) is 0.818. The van der Waals surface area contributed by atoms with Crippen LogP contribution in [0, 0.1) is 0 Å². The van der Waals surface area contributed by atoms with Gasteiger partial charge in [-0.15, -0.1) is 0 Å². The molecule has 0 unspecified atom stereocenters. The van der Waals surface area contributed by atoms with Gasteiger partial charge in [-0.2, -0.15) is 0 Å². The van der Waals surface area contributed by atoms with Crippen LogP contribution in [-0.4, -0.2) is 25.7 Å². The maximum absolute atomic E-state index is 5.62. The number of thioether (sulfide) groups is 1. The van der Waals surface area contributed by atoms with Crippen LogP contribution in [0.2, 0.25) is 0 Å². The molecule has 0 aliphatic carbocycles. The summed E-state index contributed by atoms with van der Waals surface area (Å²) < 4.78 is 11.0. The van der Waals surface area contributed by atoms with Crippen LogP contribution in [0.4, 0.5) is 0 Å². The van der Waals surface area contributed by atoms with Gasteiger partial charge >= 0.3 is 0 Å². The van der Waals surface area contributed by atoms with Crippen LogP contribution in [0.3, 0.4) is 0 Å². The van der Waals surface area contributed by atoms with E-state index in [1.165, 1.54) is 5.57 Å². The summed E-state index contributed by atoms with van der Waals surface area (Å²) in [7, 11) is 3.48. The minimum absolute atomic E-state index is 0.176. The largest absolute Gasteiger partial charge is 0.490 e. The first-order valence-corrected chi connectivity index (χ1v) is 6.23. The summed E-state index contributed by atoms with van der Waals surface area (Å²) in [5, 5.41) is 1.03. The van der Waals surface area contributed by atoms with Crippen LogP contribution >= 0.6 is 11.8 Å². The molecule has 0 bridgehead atoms. The second-order valence-electron chi connectivity index (χ2n) is 3.78. The average molecular weight is 231 g/mol. The van der Waals surface area contributed by atoms with Crippen LogP contribution in [0.15, 0.2) is 10.7 Å². The Morgan fingerprint density at radius 2 is 2.20 bits per heavy atom. The lowest BCUT2D eigenvalue weighted by atomic mass is 10.0. The van der Waals surface area contributed by atoms with Gasteiger partial charge in [0.25, 0.3) is 0 Å². The SMILES string of the molecule is CCCC1=C(OC)S[C@@](CCN)(OC)C1. The molecule has 0 fully saturated rings. The molecule has 0 aromatic heterocycles. The second kappa shape index (κ2) is 5.77. The van der Waals surface area contributed by atoms with E-state index in [0.717, 1.165) is 30.8 Å². The molecular formula is C11H21NO2S. The third-order valence-electron chi connectivity index (χ3n) is 2.68. The molecule has 0 spiro atoms. The lowest BCUT2D eigenvalue weighted by Gasteiger charge is -2.26. The van der Waals surface area contributed by atoms with Gasteiger partial charge in [0, 0.05) is 13.5 Å². The lowest BCUT2D eigenvalue weighted by Crippen LogP contribution is -2.28. The van der Waals surface area contributed by atoms with Gasteiger partial charge in [-0.05, 0) is 25.0 Å². The fourth-order valence-electron chi connectivity index (χ4n) is 1.93. The van der Waals surface area contributed by atoms with E-state index in [1.54, 1.807) is 26.0 Å². The van der Waals surface area contributed by atoms with Crippen LogP contribution in [0.5, 0.6) is 0 Å². The van der Waals surface area contributed by atoms with Gasteiger partial charge in [0.15, 0.2) is 5.09 Å². The molecule has 0 radical (unpaired) electrons. The Labute approximate surface area is 96.4 Å². The van der Waals surface area contributed by atoms with Crippen LogP contribution in [0.1, 0.15) is 32.6 Å². The zero-order chi connectivity index (χ0) is 11.3. The van der Waals surface area contributed by atoms with Crippen molar-refractivity contribution in [2.24, 2.45) is 5.73 Å². The Morgan fingerprint density at radius 1 is 1.47 bits per heavy atom. The summed E-state index contributed by atoms with van der Waals surface area (Å²) in [5.74, 6) is 0. The predicted octanol–water partition coefficient (Wildman–Crippen LogP) is 2.47. The van der Waals surface area contributed by atoms with Gasteiger partial charge in [-0.25, -0.2) is 0 Å². The molecule has 0 saturated heterocycles. The number of methoxy groups -OCH3 is 2. The molecule has 0 saturated carbocycles. The van der Waals surface area contributed by atoms with Crippen molar-refractivity contribution in [3.05, 3.63) is 10.7 Å². The third kappa shape index (κ3) is 2.89. The van der Waals surface area contributed by atoms with Crippen molar-refractivity contribution in [2.45, 2.75) is 37.5 Å². The number of ether oxygens (including phenoxy) is 2. The molecule has 3 nitrogen and oxygen atoms in total. The van der Waals surface area contributed by atoms with E-state index in [9.17, 15) is 0 Å². The van der Waals surface area contributed by atoms with E-state index in [0.29, 0.717) is 6.54 Å². The fourth-order valence-corrected chi connectivity index (χ4v) is 3.22. The molecule has 2 N–H and O–H groups in total. The highest BCUT2D eigenvalue weighted by molar-refractivity contribution is 8.04. The topological polar surface area (TPSA) is 44.5 Å². The van der Waals surface area contributed by atoms with Crippen molar-refractivity contribution in [1.82, 2.24) is 0 Å². The molecule has 1 aliphatic heterocycles.